The average Bonchev–Trinajstić information content (AvgIpc) is 2.60. The molecule has 1 aromatic carbocycles. The Kier molecular flexibility index (Phi) is 6.17. The normalized spacial score (nSPS) is 14.2. The number of hydrogen-bond donors (Lipinski definition) is 1. The molecule has 1 fully saturated rings. The van der Waals surface area contributed by atoms with Crippen LogP contribution in [-0.4, -0.2) is 67.0 Å². The molecule has 1 saturated heterocycles. The van der Waals surface area contributed by atoms with Crippen molar-refractivity contribution in [3.63, 3.8) is 0 Å². The second kappa shape index (κ2) is 8.33. The van der Waals surface area contributed by atoms with Gasteiger partial charge in [-0.2, -0.15) is 0 Å². The summed E-state index contributed by atoms with van der Waals surface area (Å²) in [6, 6.07) is 7.16. The highest BCUT2D eigenvalue weighted by molar-refractivity contribution is 5.96. The van der Waals surface area contributed by atoms with E-state index in [2.05, 4.69) is 5.32 Å². The molecule has 130 valence electrons. The second-order valence-electron chi connectivity index (χ2n) is 5.62. The van der Waals surface area contributed by atoms with Gasteiger partial charge in [-0.05, 0) is 26.0 Å². The van der Waals surface area contributed by atoms with Crippen LogP contribution in [-0.2, 0) is 9.53 Å². The van der Waals surface area contributed by atoms with E-state index >= 15 is 0 Å². The van der Waals surface area contributed by atoms with Crippen molar-refractivity contribution in [3.8, 4) is 0 Å². The molecule has 0 radical (unpaired) electrons. The lowest BCUT2D eigenvalue weighted by atomic mass is 10.1. The van der Waals surface area contributed by atoms with Crippen molar-refractivity contribution in [1.29, 1.82) is 0 Å². The molecule has 3 amide bonds. The molecule has 1 heterocycles. The Morgan fingerprint density at radius 2 is 1.62 bits per heavy atom. The van der Waals surface area contributed by atoms with Crippen molar-refractivity contribution >= 4 is 17.9 Å². The number of benzene rings is 1. The average molecular weight is 333 g/mol. The van der Waals surface area contributed by atoms with Crippen LogP contribution in [0, 0.1) is 6.92 Å². The van der Waals surface area contributed by atoms with Gasteiger partial charge in [0, 0.05) is 31.7 Å². The molecule has 1 aliphatic rings. The number of aryl methyl sites for hydroxylation is 1. The first-order valence-corrected chi connectivity index (χ1v) is 8.05. The van der Waals surface area contributed by atoms with Gasteiger partial charge in [-0.15, -0.1) is 0 Å². The lowest BCUT2D eigenvalue weighted by Crippen LogP contribution is -2.52. The molecule has 0 aliphatic carbocycles. The van der Waals surface area contributed by atoms with E-state index < -0.39 is 0 Å². The van der Waals surface area contributed by atoms with Crippen molar-refractivity contribution in [1.82, 2.24) is 15.1 Å². The summed E-state index contributed by atoms with van der Waals surface area (Å²) in [6.07, 6.45) is -0.350. The summed E-state index contributed by atoms with van der Waals surface area (Å²) in [5.41, 5.74) is 1.60. The topological polar surface area (TPSA) is 79.0 Å². The molecule has 0 atom stereocenters. The highest BCUT2D eigenvalue weighted by atomic mass is 16.6. The second-order valence-corrected chi connectivity index (χ2v) is 5.62. The third-order valence-electron chi connectivity index (χ3n) is 3.87. The van der Waals surface area contributed by atoms with E-state index in [1.54, 1.807) is 28.9 Å². The van der Waals surface area contributed by atoms with Crippen LogP contribution in [0.25, 0.3) is 0 Å². The fourth-order valence-electron chi connectivity index (χ4n) is 2.43. The summed E-state index contributed by atoms with van der Waals surface area (Å²) < 4.78 is 4.94. The molecule has 0 saturated carbocycles. The van der Waals surface area contributed by atoms with Gasteiger partial charge >= 0.3 is 6.09 Å². The zero-order valence-corrected chi connectivity index (χ0v) is 14.1. The van der Waals surface area contributed by atoms with Gasteiger partial charge in [0.15, 0.2) is 0 Å². The molecule has 0 bridgehead atoms. The first-order valence-electron chi connectivity index (χ1n) is 8.05. The molecule has 1 aliphatic heterocycles. The maximum Gasteiger partial charge on any atom is 0.409 e. The highest BCUT2D eigenvalue weighted by Gasteiger charge is 2.24. The van der Waals surface area contributed by atoms with Crippen molar-refractivity contribution in [3.05, 3.63) is 35.4 Å². The van der Waals surface area contributed by atoms with Gasteiger partial charge in [-0.3, -0.25) is 9.59 Å². The van der Waals surface area contributed by atoms with Crippen LogP contribution in [0.15, 0.2) is 24.3 Å². The molecule has 0 unspecified atom stereocenters. The quantitative estimate of drug-likeness (QED) is 0.892. The number of nitrogens with one attached hydrogen (secondary N) is 1. The van der Waals surface area contributed by atoms with Crippen molar-refractivity contribution < 1.29 is 19.1 Å². The molecule has 0 spiro atoms. The standard InChI is InChI=1S/C17H23N3O4/c1-3-24-17(23)20-10-8-19(9-11-20)15(21)12-18-16(22)14-6-4-13(2)5-7-14/h4-7H,3,8-12H2,1-2H3,(H,18,22). The zero-order valence-electron chi connectivity index (χ0n) is 14.1. The van der Waals surface area contributed by atoms with E-state index in [0.717, 1.165) is 5.56 Å². The molecule has 0 aromatic heterocycles. The Hall–Kier alpha value is -2.57. The number of carbonyl (C=O) groups excluding carboxylic acids is 3. The van der Waals surface area contributed by atoms with Gasteiger partial charge in [0.2, 0.25) is 5.91 Å². The van der Waals surface area contributed by atoms with E-state index in [1.165, 1.54) is 0 Å². The smallest absolute Gasteiger partial charge is 0.409 e. The summed E-state index contributed by atoms with van der Waals surface area (Å²) in [6.45, 7) is 5.76. The Labute approximate surface area is 141 Å². The molecule has 24 heavy (non-hydrogen) atoms. The Morgan fingerprint density at radius 3 is 2.21 bits per heavy atom. The summed E-state index contributed by atoms with van der Waals surface area (Å²) in [7, 11) is 0. The van der Waals surface area contributed by atoms with Gasteiger partial charge in [0.1, 0.15) is 0 Å². The predicted octanol–water partition coefficient (Wildman–Crippen LogP) is 1.03. The molecule has 7 heteroatoms. The van der Waals surface area contributed by atoms with Crippen molar-refractivity contribution in [2.75, 3.05) is 39.3 Å². The van der Waals surface area contributed by atoms with Gasteiger partial charge in [0.25, 0.3) is 5.91 Å². The molecular formula is C17H23N3O4. The molecule has 2 rings (SSSR count). The Balaban J connectivity index is 1.76. The first-order chi connectivity index (χ1) is 11.5. The van der Waals surface area contributed by atoms with E-state index in [0.29, 0.717) is 38.3 Å². The number of ether oxygens (including phenoxy) is 1. The number of nitrogens with zero attached hydrogens (tertiary/aromatic N) is 2. The minimum absolute atomic E-state index is 0.0495. The maximum atomic E-state index is 12.2. The van der Waals surface area contributed by atoms with Gasteiger partial charge in [-0.25, -0.2) is 4.79 Å². The van der Waals surface area contributed by atoms with Crippen LogP contribution in [0.2, 0.25) is 0 Å². The highest BCUT2D eigenvalue weighted by Crippen LogP contribution is 2.05. The largest absolute Gasteiger partial charge is 0.450 e. The third kappa shape index (κ3) is 4.71. The van der Waals surface area contributed by atoms with Gasteiger partial charge in [0.05, 0.1) is 13.2 Å². The van der Waals surface area contributed by atoms with Crippen LogP contribution in [0.3, 0.4) is 0 Å². The lowest BCUT2D eigenvalue weighted by Gasteiger charge is -2.34. The summed E-state index contributed by atoms with van der Waals surface area (Å²) >= 11 is 0. The van der Waals surface area contributed by atoms with Gasteiger partial charge < -0.3 is 19.9 Å². The number of carbonyl (C=O) groups is 3. The Bertz CT molecular complexity index is 592. The maximum absolute atomic E-state index is 12.2. The zero-order chi connectivity index (χ0) is 17.5. The fraction of sp³-hybridized carbons (Fsp3) is 0.471. The summed E-state index contributed by atoms with van der Waals surface area (Å²) in [5, 5.41) is 2.63. The summed E-state index contributed by atoms with van der Waals surface area (Å²) in [5.74, 6) is -0.424. The number of hydrogen-bond acceptors (Lipinski definition) is 4. The number of rotatable bonds is 4. The molecular weight excluding hydrogens is 310 g/mol. The van der Waals surface area contributed by atoms with Crippen molar-refractivity contribution in [2.24, 2.45) is 0 Å². The van der Waals surface area contributed by atoms with Gasteiger partial charge in [-0.1, -0.05) is 17.7 Å². The van der Waals surface area contributed by atoms with Crippen LogP contribution < -0.4 is 5.32 Å². The predicted molar refractivity (Wildman–Crippen MR) is 88.7 cm³/mol. The van der Waals surface area contributed by atoms with E-state index in [1.807, 2.05) is 19.1 Å². The molecule has 1 N–H and O–H groups in total. The third-order valence-corrected chi connectivity index (χ3v) is 3.87. The number of amides is 3. The fourth-order valence-corrected chi connectivity index (χ4v) is 2.43. The van der Waals surface area contributed by atoms with E-state index in [-0.39, 0.29) is 24.5 Å². The number of piperazine rings is 1. The van der Waals surface area contributed by atoms with Crippen molar-refractivity contribution in [2.45, 2.75) is 13.8 Å². The van der Waals surface area contributed by atoms with E-state index in [4.69, 9.17) is 4.74 Å². The lowest BCUT2D eigenvalue weighted by molar-refractivity contribution is -0.131. The van der Waals surface area contributed by atoms with Crippen LogP contribution in [0.5, 0.6) is 0 Å². The first kappa shape index (κ1) is 17.8. The minimum atomic E-state index is -0.350. The minimum Gasteiger partial charge on any atom is -0.450 e. The van der Waals surface area contributed by atoms with Crippen LogP contribution in [0.1, 0.15) is 22.8 Å². The summed E-state index contributed by atoms with van der Waals surface area (Å²) in [4.78, 5) is 39.0. The Morgan fingerprint density at radius 1 is 1.04 bits per heavy atom. The van der Waals surface area contributed by atoms with Crippen LogP contribution >= 0.6 is 0 Å². The van der Waals surface area contributed by atoms with Crippen LogP contribution in [0.4, 0.5) is 4.79 Å². The monoisotopic (exact) mass is 333 g/mol. The van der Waals surface area contributed by atoms with E-state index in [9.17, 15) is 14.4 Å². The molecule has 1 aromatic rings. The SMILES string of the molecule is CCOC(=O)N1CCN(C(=O)CNC(=O)c2ccc(C)cc2)CC1. The molecule has 7 nitrogen and oxygen atoms in total.